The molecule has 0 bridgehead atoms. The fourth-order valence-corrected chi connectivity index (χ4v) is 5.59. The highest BCUT2D eigenvalue weighted by Gasteiger charge is 2.52. The maximum atomic E-state index is 13.7. The number of carbonyl (C=O) groups excluding carboxylic acids is 1. The van der Waals surface area contributed by atoms with Gasteiger partial charge in [0.25, 0.3) is 5.91 Å². The van der Waals surface area contributed by atoms with Gasteiger partial charge in [0.05, 0.1) is 6.20 Å². The summed E-state index contributed by atoms with van der Waals surface area (Å²) in [4.78, 5) is 43.1. The molecule has 3 aromatic heterocycles. The lowest BCUT2D eigenvalue weighted by molar-refractivity contribution is -0.120. The van der Waals surface area contributed by atoms with Gasteiger partial charge >= 0.3 is 0 Å². The van der Waals surface area contributed by atoms with Crippen molar-refractivity contribution in [2.75, 3.05) is 60.2 Å². The lowest BCUT2D eigenvalue weighted by Crippen LogP contribution is -2.52. The summed E-state index contributed by atoms with van der Waals surface area (Å²) in [5, 5.41) is 13.8. The zero-order valence-electron chi connectivity index (χ0n) is 23.0. The minimum Gasteiger partial charge on any atom is -0.338 e. The van der Waals surface area contributed by atoms with Crippen LogP contribution in [0.5, 0.6) is 0 Å². The molecular formula is C26H36N12O. The number of nitrogens with zero attached hydrogens (tertiary/aromatic N) is 9. The molecule has 3 fully saturated rings. The maximum Gasteiger partial charge on any atom is 0.251 e. The van der Waals surface area contributed by atoms with Crippen LogP contribution in [0.3, 0.4) is 0 Å². The van der Waals surface area contributed by atoms with Gasteiger partial charge in [0.15, 0.2) is 11.6 Å². The van der Waals surface area contributed by atoms with Gasteiger partial charge in [0.1, 0.15) is 5.54 Å². The molecule has 3 aromatic rings. The van der Waals surface area contributed by atoms with E-state index in [1.54, 1.807) is 18.6 Å². The van der Waals surface area contributed by atoms with E-state index >= 15 is 0 Å². The summed E-state index contributed by atoms with van der Waals surface area (Å²) in [6.45, 7) is 10.3. The summed E-state index contributed by atoms with van der Waals surface area (Å²) >= 11 is 0. The lowest BCUT2D eigenvalue weighted by atomic mass is 9.84. The van der Waals surface area contributed by atoms with Crippen LogP contribution in [-0.2, 0) is 4.79 Å². The first-order valence-electron chi connectivity index (χ1n) is 13.6. The van der Waals surface area contributed by atoms with E-state index in [0.29, 0.717) is 48.4 Å². The summed E-state index contributed by atoms with van der Waals surface area (Å²) < 4.78 is 0. The second-order valence-corrected chi connectivity index (χ2v) is 11.9. The van der Waals surface area contributed by atoms with Gasteiger partial charge < -0.3 is 25.3 Å². The van der Waals surface area contributed by atoms with E-state index in [0.717, 1.165) is 31.9 Å². The van der Waals surface area contributed by atoms with Gasteiger partial charge in [-0.15, -0.1) is 0 Å². The molecular weight excluding hydrogens is 496 g/mol. The molecule has 5 heterocycles. The van der Waals surface area contributed by atoms with Gasteiger partial charge in [-0.05, 0) is 38.6 Å². The predicted octanol–water partition coefficient (Wildman–Crippen LogP) is 2.39. The van der Waals surface area contributed by atoms with E-state index in [2.05, 4.69) is 61.5 Å². The van der Waals surface area contributed by atoms with E-state index in [1.807, 2.05) is 17.9 Å². The Bertz CT molecular complexity index is 1330. The lowest BCUT2D eigenvalue weighted by Gasteiger charge is -2.35. The molecule has 0 unspecified atom stereocenters. The topological polar surface area (TPSA) is 144 Å². The number of piperazine rings is 1. The van der Waals surface area contributed by atoms with Gasteiger partial charge in [0, 0.05) is 62.8 Å². The molecule has 13 heteroatoms. The number of aromatic nitrogens is 7. The molecule has 1 aliphatic carbocycles. The first-order chi connectivity index (χ1) is 18.7. The quantitative estimate of drug-likeness (QED) is 0.412. The fraction of sp³-hybridized carbons (Fsp3) is 0.577. The molecule has 6 rings (SSSR count). The number of amides is 1. The minimum atomic E-state index is -0.912. The molecule has 13 nitrogen and oxygen atoms in total. The largest absolute Gasteiger partial charge is 0.338 e. The molecule has 2 aliphatic heterocycles. The molecule has 1 saturated carbocycles. The summed E-state index contributed by atoms with van der Waals surface area (Å²) in [6.07, 6.45) is 7.67. The Morgan fingerprint density at radius 1 is 1.03 bits per heavy atom. The third kappa shape index (κ3) is 5.35. The van der Waals surface area contributed by atoms with Crippen LogP contribution in [0.4, 0.5) is 29.5 Å². The number of H-pyrrole nitrogens is 1. The monoisotopic (exact) mass is 532 g/mol. The Labute approximate surface area is 227 Å². The van der Waals surface area contributed by atoms with Crippen molar-refractivity contribution >= 4 is 35.4 Å². The SMILES string of the molecule is CN1CCN(c2nc(Nc3cc(C4CC4)[nH]n3)nc(N3CC(C)(C)C[C@@]3(C)C(=O)Nc3cnccn3)n2)CC1. The van der Waals surface area contributed by atoms with Crippen molar-refractivity contribution in [3.05, 3.63) is 30.4 Å². The Hall–Kier alpha value is -3.87. The van der Waals surface area contributed by atoms with Gasteiger partial charge in [-0.2, -0.15) is 20.1 Å². The van der Waals surface area contributed by atoms with Crippen LogP contribution in [-0.4, -0.2) is 91.2 Å². The number of aromatic amines is 1. The molecule has 1 atom stereocenters. The number of hydrogen-bond acceptors (Lipinski definition) is 11. The van der Waals surface area contributed by atoms with Crippen molar-refractivity contribution in [3.8, 4) is 0 Å². The minimum absolute atomic E-state index is 0.149. The van der Waals surface area contributed by atoms with Crippen molar-refractivity contribution in [2.45, 2.75) is 51.5 Å². The number of nitrogens with one attached hydrogen (secondary N) is 3. The Kier molecular flexibility index (Phi) is 6.32. The predicted molar refractivity (Wildman–Crippen MR) is 148 cm³/mol. The average Bonchev–Trinajstić information content (AvgIpc) is 3.59. The zero-order chi connectivity index (χ0) is 27.2. The van der Waals surface area contributed by atoms with Crippen LogP contribution < -0.4 is 20.4 Å². The summed E-state index contributed by atoms with van der Waals surface area (Å²) in [5.41, 5.74) is 0.0646. The standard InChI is InChI=1S/C26H36N12O/c1-25(2)15-26(3,21(39)29-20-14-27-7-8-28-20)38(16-25)24-32-22(30-19-13-18(34-35-19)17-5-6-17)31-23(33-24)37-11-9-36(4)10-12-37/h7-8,13-14,17H,5-6,9-12,15-16H2,1-4H3,(H,28,29,39)(H2,30,31,32,33,34,35)/t26-/m0/s1. The van der Waals surface area contributed by atoms with Crippen molar-refractivity contribution in [1.29, 1.82) is 0 Å². The number of rotatable bonds is 7. The van der Waals surface area contributed by atoms with Crippen LogP contribution in [0.25, 0.3) is 0 Å². The normalized spacial score (nSPS) is 23.2. The maximum absolute atomic E-state index is 13.7. The highest BCUT2D eigenvalue weighted by molar-refractivity contribution is 5.99. The zero-order valence-corrected chi connectivity index (χ0v) is 23.0. The van der Waals surface area contributed by atoms with Crippen molar-refractivity contribution < 1.29 is 4.79 Å². The first kappa shape index (κ1) is 25.4. The van der Waals surface area contributed by atoms with Gasteiger partial charge in [-0.1, -0.05) is 13.8 Å². The van der Waals surface area contributed by atoms with Crippen LogP contribution in [0.1, 0.15) is 51.6 Å². The highest BCUT2D eigenvalue weighted by Crippen LogP contribution is 2.44. The van der Waals surface area contributed by atoms with Gasteiger partial charge in [-0.25, -0.2) is 4.98 Å². The molecule has 0 spiro atoms. The van der Waals surface area contributed by atoms with Crippen LogP contribution in [0.2, 0.25) is 0 Å². The number of carbonyl (C=O) groups is 1. The fourth-order valence-electron chi connectivity index (χ4n) is 5.59. The van der Waals surface area contributed by atoms with E-state index in [4.69, 9.17) is 15.0 Å². The third-order valence-electron chi connectivity index (χ3n) is 7.79. The molecule has 0 radical (unpaired) electrons. The van der Waals surface area contributed by atoms with Crippen LogP contribution >= 0.6 is 0 Å². The number of likely N-dealkylation sites (N-methyl/N-ethyl adjacent to an activating group) is 1. The number of anilines is 5. The van der Waals surface area contributed by atoms with Gasteiger partial charge in [-0.3, -0.25) is 14.9 Å². The molecule has 206 valence electrons. The average molecular weight is 533 g/mol. The second-order valence-electron chi connectivity index (χ2n) is 11.9. The first-order valence-corrected chi connectivity index (χ1v) is 13.6. The Balaban J connectivity index is 1.35. The van der Waals surface area contributed by atoms with Crippen molar-refractivity contribution in [1.82, 2.24) is 40.0 Å². The van der Waals surface area contributed by atoms with E-state index in [9.17, 15) is 4.79 Å². The molecule has 1 amide bonds. The molecule has 0 aromatic carbocycles. The molecule has 39 heavy (non-hydrogen) atoms. The Morgan fingerprint density at radius 2 is 1.79 bits per heavy atom. The number of hydrogen-bond donors (Lipinski definition) is 3. The molecule has 2 saturated heterocycles. The van der Waals surface area contributed by atoms with E-state index in [1.165, 1.54) is 12.8 Å². The third-order valence-corrected chi connectivity index (χ3v) is 7.79. The summed E-state index contributed by atoms with van der Waals surface area (Å²) in [5.74, 6) is 2.92. The van der Waals surface area contributed by atoms with E-state index < -0.39 is 5.54 Å². The molecule has 3 N–H and O–H groups in total. The summed E-state index contributed by atoms with van der Waals surface area (Å²) in [7, 11) is 2.12. The van der Waals surface area contributed by atoms with Crippen molar-refractivity contribution in [3.63, 3.8) is 0 Å². The van der Waals surface area contributed by atoms with Crippen LogP contribution in [0, 0.1) is 5.41 Å². The highest BCUT2D eigenvalue weighted by atomic mass is 16.2. The van der Waals surface area contributed by atoms with E-state index in [-0.39, 0.29) is 11.3 Å². The smallest absolute Gasteiger partial charge is 0.251 e. The van der Waals surface area contributed by atoms with Crippen molar-refractivity contribution in [2.24, 2.45) is 5.41 Å². The van der Waals surface area contributed by atoms with Gasteiger partial charge in [0.2, 0.25) is 17.8 Å². The second kappa shape index (κ2) is 9.70. The molecule has 3 aliphatic rings. The summed E-state index contributed by atoms with van der Waals surface area (Å²) in [6, 6.07) is 2.02. The Morgan fingerprint density at radius 3 is 2.51 bits per heavy atom. The van der Waals surface area contributed by atoms with Crippen LogP contribution in [0.15, 0.2) is 24.7 Å².